The number of aldehydes is 1. The molecule has 3 N–H and O–H groups in total. The van der Waals surface area contributed by atoms with Crippen LogP contribution in [-0.4, -0.2) is 18.4 Å². The van der Waals surface area contributed by atoms with Crippen LogP contribution in [0.1, 0.15) is 13.3 Å². The van der Waals surface area contributed by atoms with E-state index in [4.69, 9.17) is 5.73 Å². The minimum atomic E-state index is -0.663. The third-order valence-corrected chi connectivity index (χ3v) is 0.875. The molecular weight excluding hydrogens is 120 g/mol. The number of carbonyl (C=O) groups excluding carboxylic acids is 2. The molecule has 0 saturated heterocycles. The molecular formula is C5H10N2O2. The molecule has 0 rings (SSSR count). The van der Waals surface area contributed by atoms with E-state index in [0.29, 0.717) is 6.42 Å². The van der Waals surface area contributed by atoms with Gasteiger partial charge in [0.05, 0.1) is 6.17 Å². The number of nitrogens with two attached hydrogens (primary N) is 1. The van der Waals surface area contributed by atoms with Crippen molar-refractivity contribution in [3.63, 3.8) is 0 Å². The van der Waals surface area contributed by atoms with Gasteiger partial charge in [-0.3, -0.25) is 9.59 Å². The number of carbonyl (C=O) groups is 2. The number of hydrogen-bond acceptors (Lipinski definition) is 3. The van der Waals surface area contributed by atoms with Gasteiger partial charge in [0, 0.05) is 0 Å². The van der Waals surface area contributed by atoms with Gasteiger partial charge in [-0.05, 0) is 6.42 Å². The monoisotopic (exact) mass is 130 g/mol. The Kier molecular flexibility index (Phi) is 3.62. The molecule has 1 amide bonds. The second kappa shape index (κ2) is 4.03. The van der Waals surface area contributed by atoms with Crippen LogP contribution in [0.5, 0.6) is 0 Å². The van der Waals surface area contributed by atoms with Crippen molar-refractivity contribution >= 4 is 12.2 Å². The van der Waals surface area contributed by atoms with Gasteiger partial charge >= 0.3 is 0 Å². The van der Waals surface area contributed by atoms with E-state index in [0.717, 1.165) is 0 Å². The molecule has 0 aliphatic rings. The fourth-order valence-corrected chi connectivity index (χ4v) is 0.319. The van der Waals surface area contributed by atoms with Gasteiger partial charge in [0.2, 0.25) is 6.29 Å². The minimum Gasteiger partial charge on any atom is -0.335 e. The first-order valence-electron chi connectivity index (χ1n) is 2.72. The smallest absolute Gasteiger partial charge is 0.285 e. The largest absolute Gasteiger partial charge is 0.335 e. The van der Waals surface area contributed by atoms with Crippen molar-refractivity contribution in [2.75, 3.05) is 0 Å². The zero-order valence-electron chi connectivity index (χ0n) is 5.26. The summed E-state index contributed by atoms with van der Waals surface area (Å²) in [5.74, 6) is -0.663. The summed E-state index contributed by atoms with van der Waals surface area (Å²) < 4.78 is 0. The molecule has 0 aliphatic heterocycles. The third-order valence-electron chi connectivity index (χ3n) is 0.875. The molecule has 0 spiro atoms. The van der Waals surface area contributed by atoms with Crippen molar-refractivity contribution in [3.05, 3.63) is 0 Å². The molecule has 1 unspecified atom stereocenters. The van der Waals surface area contributed by atoms with Crippen molar-refractivity contribution in [2.24, 2.45) is 5.73 Å². The van der Waals surface area contributed by atoms with Crippen molar-refractivity contribution in [1.29, 1.82) is 0 Å². The molecule has 0 aromatic carbocycles. The summed E-state index contributed by atoms with van der Waals surface area (Å²) in [6, 6.07) is 0. The molecule has 0 heterocycles. The van der Waals surface area contributed by atoms with Gasteiger partial charge in [0.25, 0.3) is 5.91 Å². The van der Waals surface area contributed by atoms with E-state index in [1.165, 1.54) is 0 Å². The third kappa shape index (κ3) is 3.66. The quantitative estimate of drug-likeness (QED) is 0.292. The zero-order chi connectivity index (χ0) is 7.28. The van der Waals surface area contributed by atoms with E-state index in [2.05, 4.69) is 5.32 Å². The molecule has 52 valence electrons. The topological polar surface area (TPSA) is 72.2 Å². The van der Waals surface area contributed by atoms with Crippen molar-refractivity contribution < 1.29 is 9.59 Å². The molecule has 9 heavy (non-hydrogen) atoms. The summed E-state index contributed by atoms with van der Waals surface area (Å²) in [5.41, 5.74) is 5.26. The molecule has 0 aromatic heterocycles. The Bertz CT molecular complexity index is 114. The Morgan fingerprint density at radius 2 is 2.44 bits per heavy atom. The summed E-state index contributed by atoms with van der Waals surface area (Å²) in [5, 5.41) is 2.25. The van der Waals surface area contributed by atoms with Crippen LogP contribution < -0.4 is 11.1 Å². The number of hydrogen-bond donors (Lipinski definition) is 2. The van der Waals surface area contributed by atoms with Crippen LogP contribution in [0.15, 0.2) is 0 Å². The van der Waals surface area contributed by atoms with Gasteiger partial charge in [-0.15, -0.1) is 0 Å². The summed E-state index contributed by atoms with van der Waals surface area (Å²) in [7, 11) is 0. The maximum absolute atomic E-state index is 10.2. The Labute approximate surface area is 53.4 Å². The van der Waals surface area contributed by atoms with Gasteiger partial charge in [-0.1, -0.05) is 6.92 Å². The number of rotatable bonds is 3. The van der Waals surface area contributed by atoms with Crippen LogP contribution in [0.3, 0.4) is 0 Å². The van der Waals surface area contributed by atoms with E-state index < -0.39 is 12.1 Å². The Morgan fingerprint density at radius 3 is 2.78 bits per heavy atom. The highest BCUT2D eigenvalue weighted by Gasteiger charge is 2.01. The van der Waals surface area contributed by atoms with E-state index in [-0.39, 0.29) is 6.29 Å². The van der Waals surface area contributed by atoms with E-state index in [9.17, 15) is 9.59 Å². The summed E-state index contributed by atoms with van der Waals surface area (Å²) >= 11 is 0. The molecule has 0 bridgehead atoms. The highest BCUT2D eigenvalue weighted by atomic mass is 16.2. The summed E-state index contributed by atoms with van der Waals surface area (Å²) in [4.78, 5) is 19.9. The standard InChI is InChI=1S/C5H10N2O2/c1-2-4(6)7-5(9)3-8/h3-4H,2,6H2,1H3,(H,7,9). The lowest BCUT2D eigenvalue weighted by Gasteiger charge is -2.06. The lowest BCUT2D eigenvalue weighted by Crippen LogP contribution is -2.41. The maximum atomic E-state index is 10.2. The maximum Gasteiger partial charge on any atom is 0.285 e. The van der Waals surface area contributed by atoms with Crippen LogP contribution in [0.25, 0.3) is 0 Å². The average molecular weight is 130 g/mol. The normalized spacial score (nSPS) is 12.2. The van der Waals surface area contributed by atoms with Crippen LogP contribution in [0, 0.1) is 0 Å². The van der Waals surface area contributed by atoms with Gasteiger partial charge in [0.15, 0.2) is 0 Å². The molecule has 4 nitrogen and oxygen atoms in total. The van der Waals surface area contributed by atoms with E-state index in [1.807, 2.05) is 6.92 Å². The highest BCUT2D eigenvalue weighted by Crippen LogP contribution is 1.77. The van der Waals surface area contributed by atoms with Gasteiger partial charge in [0.1, 0.15) is 0 Å². The van der Waals surface area contributed by atoms with Crippen LogP contribution in [0.4, 0.5) is 0 Å². The Balaban J connectivity index is 3.46. The van der Waals surface area contributed by atoms with Crippen molar-refractivity contribution in [1.82, 2.24) is 5.32 Å². The molecule has 0 aliphatic carbocycles. The van der Waals surface area contributed by atoms with Gasteiger partial charge < -0.3 is 11.1 Å². The molecule has 0 saturated carbocycles. The first-order valence-corrected chi connectivity index (χ1v) is 2.72. The SMILES string of the molecule is CCC(N)NC(=O)C=O. The van der Waals surface area contributed by atoms with E-state index >= 15 is 0 Å². The van der Waals surface area contributed by atoms with Crippen molar-refractivity contribution in [2.45, 2.75) is 19.5 Å². The van der Waals surface area contributed by atoms with Crippen LogP contribution in [-0.2, 0) is 9.59 Å². The first-order chi connectivity index (χ1) is 4.20. The molecule has 0 aromatic rings. The Morgan fingerprint density at radius 1 is 1.89 bits per heavy atom. The summed E-state index contributed by atoms with van der Waals surface area (Å²) in [6.07, 6.45) is 0.428. The van der Waals surface area contributed by atoms with Crippen molar-refractivity contribution in [3.8, 4) is 0 Å². The van der Waals surface area contributed by atoms with Crippen LogP contribution in [0.2, 0.25) is 0 Å². The average Bonchev–Trinajstić information content (AvgIpc) is 1.87. The molecule has 1 atom stereocenters. The number of nitrogens with one attached hydrogen (secondary N) is 1. The lowest BCUT2D eigenvalue weighted by atomic mass is 10.4. The van der Waals surface area contributed by atoms with Crippen LogP contribution >= 0.6 is 0 Å². The highest BCUT2D eigenvalue weighted by molar-refractivity contribution is 6.23. The Hall–Kier alpha value is -0.900. The number of amides is 1. The van der Waals surface area contributed by atoms with Gasteiger partial charge in [-0.2, -0.15) is 0 Å². The lowest BCUT2D eigenvalue weighted by molar-refractivity contribution is -0.131. The van der Waals surface area contributed by atoms with E-state index in [1.54, 1.807) is 0 Å². The van der Waals surface area contributed by atoms with Gasteiger partial charge in [-0.25, -0.2) is 0 Å². The first kappa shape index (κ1) is 8.10. The minimum absolute atomic E-state index is 0.204. The second-order valence-electron chi connectivity index (χ2n) is 1.64. The molecule has 0 radical (unpaired) electrons. The second-order valence-corrected chi connectivity index (χ2v) is 1.64. The zero-order valence-corrected chi connectivity index (χ0v) is 5.26. The molecule has 0 fully saturated rings. The molecule has 4 heteroatoms. The predicted octanol–water partition coefficient (Wildman–Crippen LogP) is -1.00. The summed E-state index contributed by atoms with van der Waals surface area (Å²) in [6.45, 7) is 1.82. The fraction of sp³-hybridized carbons (Fsp3) is 0.600. The fourth-order valence-electron chi connectivity index (χ4n) is 0.319. The predicted molar refractivity (Wildman–Crippen MR) is 32.5 cm³/mol.